The number of nitrogens with two attached hydrogens (primary N) is 1. The maximum Gasteiger partial charge on any atom is 0.230 e. The van der Waals surface area contributed by atoms with Crippen molar-refractivity contribution in [2.45, 2.75) is 82.8 Å². The minimum absolute atomic E-state index is 0.0282. The van der Waals surface area contributed by atoms with Crippen LogP contribution in [0.5, 0.6) is 0 Å². The Labute approximate surface area is 149 Å². The van der Waals surface area contributed by atoms with Gasteiger partial charge in [0.1, 0.15) is 0 Å². The molecule has 1 heterocycles. The highest BCUT2D eigenvalue weighted by atomic mass is 32.2. The van der Waals surface area contributed by atoms with Gasteiger partial charge in [-0.15, -0.1) is 10.2 Å². The van der Waals surface area contributed by atoms with Gasteiger partial charge in [0.25, 0.3) is 0 Å². The summed E-state index contributed by atoms with van der Waals surface area (Å²) in [6, 6.07) is 0.250. The number of nitrogens with one attached hydrogen (secondary N) is 1. The molecule has 3 N–H and O–H groups in total. The Balaban J connectivity index is 1.77. The summed E-state index contributed by atoms with van der Waals surface area (Å²) < 4.78 is 1.55. The molecule has 6 nitrogen and oxygen atoms in total. The second-order valence-electron chi connectivity index (χ2n) is 6.68. The number of aromatic nitrogens is 3. The van der Waals surface area contributed by atoms with Crippen LogP contribution in [0, 0.1) is 5.92 Å². The van der Waals surface area contributed by atoms with E-state index in [0.29, 0.717) is 10.9 Å². The van der Waals surface area contributed by atoms with Crippen LogP contribution in [0.1, 0.15) is 71.0 Å². The lowest BCUT2D eigenvalue weighted by molar-refractivity contribution is -0.119. The highest BCUT2D eigenvalue weighted by Crippen LogP contribution is 2.27. The van der Waals surface area contributed by atoms with Gasteiger partial charge in [-0.05, 0) is 25.2 Å². The summed E-state index contributed by atoms with van der Waals surface area (Å²) >= 11 is 1.35. The van der Waals surface area contributed by atoms with Crippen molar-refractivity contribution in [3.05, 3.63) is 5.82 Å². The van der Waals surface area contributed by atoms with E-state index >= 15 is 0 Å². The Bertz CT molecular complexity index is 509. The molecule has 0 bridgehead atoms. The lowest BCUT2D eigenvalue weighted by atomic mass is 9.86. The molecule has 0 radical (unpaired) electrons. The predicted octanol–water partition coefficient (Wildman–Crippen LogP) is 2.90. The van der Waals surface area contributed by atoms with Crippen molar-refractivity contribution >= 4 is 17.7 Å². The highest BCUT2D eigenvalue weighted by Gasteiger charge is 2.17. The Morgan fingerprint density at radius 1 is 1.29 bits per heavy atom. The average Bonchev–Trinajstić information content (AvgIpc) is 2.97. The molecule has 0 saturated heterocycles. The van der Waals surface area contributed by atoms with E-state index in [9.17, 15) is 4.79 Å². The topological polar surface area (TPSA) is 85.8 Å². The van der Waals surface area contributed by atoms with E-state index < -0.39 is 0 Å². The minimum Gasteiger partial charge on any atom is -0.353 e. The van der Waals surface area contributed by atoms with E-state index in [1.54, 1.807) is 4.68 Å². The van der Waals surface area contributed by atoms with Crippen molar-refractivity contribution in [3.8, 4) is 0 Å². The molecule has 1 aromatic rings. The van der Waals surface area contributed by atoms with E-state index in [4.69, 9.17) is 5.84 Å². The van der Waals surface area contributed by atoms with Crippen LogP contribution in [0.4, 0.5) is 0 Å². The van der Waals surface area contributed by atoms with Crippen molar-refractivity contribution < 1.29 is 4.79 Å². The smallest absolute Gasteiger partial charge is 0.230 e. The van der Waals surface area contributed by atoms with E-state index in [1.807, 2.05) is 0 Å². The van der Waals surface area contributed by atoms with Crippen LogP contribution in [-0.4, -0.2) is 32.6 Å². The number of carbonyl (C=O) groups excluding carboxylic acids is 1. The van der Waals surface area contributed by atoms with Crippen LogP contribution in [0.3, 0.4) is 0 Å². The zero-order valence-electron chi connectivity index (χ0n) is 15.0. The number of rotatable bonds is 9. The second kappa shape index (κ2) is 9.91. The maximum absolute atomic E-state index is 12.0. The molecule has 2 rings (SSSR count). The molecule has 1 amide bonds. The molecule has 0 spiro atoms. The van der Waals surface area contributed by atoms with Gasteiger partial charge in [0.2, 0.25) is 11.1 Å². The first kappa shape index (κ1) is 19.1. The molecule has 1 aliphatic rings. The fraction of sp³-hybridized carbons (Fsp3) is 0.824. The normalized spacial score (nSPS) is 15.8. The molecule has 24 heavy (non-hydrogen) atoms. The largest absolute Gasteiger partial charge is 0.353 e. The summed E-state index contributed by atoms with van der Waals surface area (Å²) in [6.45, 7) is 4.16. The van der Waals surface area contributed by atoms with E-state index in [1.165, 1.54) is 43.9 Å². The number of amides is 1. The number of thioether (sulfide) groups is 1. The third-order valence-electron chi connectivity index (χ3n) is 4.92. The molecule has 1 aromatic heterocycles. The van der Waals surface area contributed by atoms with E-state index in [0.717, 1.165) is 37.4 Å². The van der Waals surface area contributed by atoms with Crippen LogP contribution < -0.4 is 11.2 Å². The Kier molecular flexibility index (Phi) is 7.88. The fourth-order valence-corrected chi connectivity index (χ4v) is 3.96. The minimum atomic E-state index is 0.0282. The zero-order valence-corrected chi connectivity index (χ0v) is 15.8. The van der Waals surface area contributed by atoms with Crippen molar-refractivity contribution in [3.63, 3.8) is 0 Å². The Hall–Kier alpha value is -1.24. The van der Waals surface area contributed by atoms with Gasteiger partial charge in [-0.1, -0.05) is 57.7 Å². The van der Waals surface area contributed by atoms with E-state index in [2.05, 4.69) is 29.4 Å². The number of nitrogen functional groups attached to an aromatic ring is 1. The first-order chi connectivity index (χ1) is 11.6. The summed E-state index contributed by atoms with van der Waals surface area (Å²) in [5.74, 6) is 8.08. The van der Waals surface area contributed by atoms with Crippen LogP contribution in [0.2, 0.25) is 0 Å². The first-order valence-electron chi connectivity index (χ1n) is 9.25. The molecular weight excluding hydrogens is 322 g/mol. The SMILES string of the molecule is CCC(CC)NC(=O)CSc1nnc(CCC2CCCCC2)n1N. The van der Waals surface area contributed by atoms with Gasteiger partial charge in [-0.25, -0.2) is 4.68 Å². The van der Waals surface area contributed by atoms with Crippen molar-refractivity contribution in [1.82, 2.24) is 20.2 Å². The molecular formula is C17H31N5OS. The van der Waals surface area contributed by atoms with Crippen molar-refractivity contribution in [2.75, 3.05) is 11.6 Å². The van der Waals surface area contributed by atoms with Crippen LogP contribution >= 0.6 is 11.8 Å². The molecule has 136 valence electrons. The maximum atomic E-state index is 12.0. The summed E-state index contributed by atoms with van der Waals surface area (Å²) in [7, 11) is 0. The van der Waals surface area contributed by atoms with Gasteiger partial charge >= 0.3 is 0 Å². The molecule has 0 atom stereocenters. The third-order valence-corrected chi connectivity index (χ3v) is 5.86. The zero-order chi connectivity index (χ0) is 17.4. The molecule has 1 fully saturated rings. The van der Waals surface area contributed by atoms with Crippen LogP contribution in [0.15, 0.2) is 5.16 Å². The quantitative estimate of drug-likeness (QED) is 0.526. The van der Waals surface area contributed by atoms with Gasteiger partial charge in [0.05, 0.1) is 5.75 Å². The molecule has 0 aliphatic heterocycles. The van der Waals surface area contributed by atoms with Crippen LogP contribution in [0.25, 0.3) is 0 Å². The van der Waals surface area contributed by atoms with Gasteiger partial charge in [0, 0.05) is 12.5 Å². The summed E-state index contributed by atoms with van der Waals surface area (Å²) in [5, 5.41) is 12.0. The van der Waals surface area contributed by atoms with Gasteiger partial charge in [-0.2, -0.15) is 0 Å². The summed E-state index contributed by atoms with van der Waals surface area (Å²) in [5.41, 5.74) is 0. The lowest BCUT2D eigenvalue weighted by Gasteiger charge is -2.20. The Morgan fingerprint density at radius 2 is 2.00 bits per heavy atom. The van der Waals surface area contributed by atoms with Crippen molar-refractivity contribution in [2.24, 2.45) is 5.92 Å². The number of carbonyl (C=O) groups is 1. The average molecular weight is 354 g/mol. The Morgan fingerprint density at radius 3 is 2.67 bits per heavy atom. The summed E-state index contributed by atoms with van der Waals surface area (Å²) in [4.78, 5) is 12.0. The molecule has 7 heteroatoms. The molecule has 0 aromatic carbocycles. The van der Waals surface area contributed by atoms with Gasteiger partial charge in [0.15, 0.2) is 5.82 Å². The first-order valence-corrected chi connectivity index (χ1v) is 10.2. The third kappa shape index (κ3) is 5.69. The number of aryl methyl sites for hydroxylation is 1. The molecule has 1 aliphatic carbocycles. The molecule has 1 saturated carbocycles. The molecule has 0 unspecified atom stereocenters. The van der Waals surface area contributed by atoms with E-state index in [-0.39, 0.29) is 11.9 Å². The van der Waals surface area contributed by atoms with Gasteiger partial charge in [-0.3, -0.25) is 4.79 Å². The van der Waals surface area contributed by atoms with Crippen molar-refractivity contribution in [1.29, 1.82) is 0 Å². The highest BCUT2D eigenvalue weighted by molar-refractivity contribution is 7.99. The van der Waals surface area contributed by atoms with Crippen LogP contribution in [-0.2, 0) is 11.2 Å². The number of hydrogen-bond donors (Lipinski definition) is 2. The lowest BCUT2D eigenvalue weighted by Crippen LogP contribution is -2.35. The standard InChI is InChI=1S/C17H31N5OS/c1-3-14(4-2)19-16(23)12-24-17-21-20-15(22(17)18)11-10-13-8-6-5-7-9-13/h13-14H,3-12,18H2,1-2H3,(H,19,23). The van der Waals surface area contributed by atoms with Gasteiger partial charge < -0.3 is 11.2 Å². The summed E-state index contributed by atoms with van der Waals surface area (Å²) in [6.07, 6.45) is 10.6. The number of nitrogens with zero attached hydrogens (tertiary/aromatic N) is 3. The monoisotopic (exact) mass is 353 g/mol. The second-order valence-corrected chi connectivity index (χ2v) is 7.62. The predicted molar refractivity (Wildman–Crippen MR) is 98.3 cm³/mol. The number of hydrogen-bond acceptors (Lipinski definition) is 5. The fourth-order valence-electron chi connectivity index (χ4n) is 3.28.